The average molecular weight is 207 g/mol. The molecule has 14 heavy (non-hydrogen) atoms. The van der Waals surface area contributed by atoms with E-state index in [0.29, 0.717) is 11.3 Å². The van der Waals surface area contributed by atoms with Crippen molar-refractivity contribution in [1.29, 1.82) is 5.26 Å². The van der Waals surface area contributed by atoms with Crippen LogP contribution in [0.5, 0.6) is 5.75 Å². The number of hydrogen-bond donors (Lipinski definition) is 1. The highest BCUT2D eigenvalue weighted by atomic mass is 35.5. The van der Waals surface area contributed by atoms with E-state index in [9.17, 15) is 0 Å². The van der Waals surface area contributed by atoms with Crippen LogP contribution in [0.15, 0.2) is 6.07 Å². The maximum absolute atomic E-state index is 8.75. The summed E-state index contributed by atoms with van der Waals surface area (Å²) in [6, 6.07) is 3.37. The number of nitrogens with zero attached hydrogens (tertiary/aromatic N) is 1. The van der Waals surface area contributed by atoms with Gasteiger partial charge in [-0.3, -0.25) is 0 Å². The molecule has 0 unspecified atom stereocenters. The zero-order chi connectivity index (χ0) is 10.7. The third-order valence-corrected chi connectivity index (χ3v) is 2.14. The Balaban J connectivity index is 3.59. The van der Waals surface area contributed by atoms with Crippen LogP contribution in [-0.2, 0) is 0 Å². The Bertz CT molecular complexity index is 455. The Labute approximate surface area is 87.0 Å². The number of nitrogens with two attached hydrogens (primary N) is 1. The first kappa shape index (κ1) is 10.2. The molecule has 0 saturated heterocycles. The fourth-order valence-electron chi connectivity index (χ4n) is 1.04. The lowest BCUT2D eigenvalue weighted by Gasteiger charge is -2.08. The third-order valence-electron chi connectivity index (χ3n) is 1.75. The number of hydrogen-bond acceptors (Lipinski definition) is 3. The first-order valence-electron chi connectivity index (χ1n) is 3.68. The molecular weight excluding hydrogens is 200 g/mol. The van der Waals surface area contributed by atoms with Crippen LogP contribution in [0.4, 0.5) is 5.69 Å². The molecule has 0 spiro atoms. The van der Waals surface area contributed by atoms with Crippen LogP contribution in [0.1, 0.15) is 11.1 Å². The molecule has 0 aliphatic rings. The molecule has 0 amide bonds. The second-order valence-corrected chi connectivity index (χ2v) is 2.86. The molecule has 70 valence electrons. The van der Waals surface area contributed by atoms with Crippen molar-refractivity contribution >= 4 is 17.3 Å². The summed E-state index contributed by atoms with van der Waals surface area (Å²) >= 11 is 5.84. The Morgan fingerprint density at radius 1 is 1.64 bits per heavy atom. The number of methoxy groups -OCH3 is 1. The minimum Gasteiger partial charge on any atom is -0.495 e. The predicted molar refractivity (Wildman–Crippen MR) is 55.1 cm³/mol. The molecule has 3 nitrogen and oxygen atoms in total. The zero-order valence-corrected chi connectivity index (χ0v) is 8.22. The van der Waals surface area contributed by atoms with Gasteiger partial charge in [0.1, 0.15) is 11.8 Å². The van der Waals surface area contributed by atoms with Crippen molar-refractivity contribution in [3.05, 3.63) is 22.2 Å². The monoisotopic (exact) mass is 206 g/mol. The van der Waals surface area contributed by atoms with E-state index in [1.165, 1.54) is 13.2 Å². The van der Waals surface area contributed by atoms with E-state index in [0.717, 1.165) is 0 Å². The van der Waals surface area contributed by atoms with Crippen LogP contribution in [0.3, 0.4) is 0 Å². The molecule has 0 bridgehead atoms. The molecule has 0 radical (unpaired) electrons. The Morgan fingerprint density at radius 2 is 2.29 bits per heavy atom. The molecule has 0 atom stereocenters. The topological polar surface area (TPSA) is 59.0 Å². The summed E-state index contributed by atoms with van der Waals surface area (Å²) < 4.78 is 4.95. The molecule has 0 aromatic heterocycles. The van der Waals surface area contributed by atoms with Gasteiger partial charge in [0.2, 0.25) is 0 Å². The summed E-state index contributed by atoms with van der Waals surface area (Å²) in [5.74, 6) is 2.69. The molecule has 0 saturated carbocycles. The Morgan fingerprint density at radius 3 is 2.71 bits per heavy atom. The molecule has 0 heterocycles. The molecule has 0 aliphatic carbocycles. The number of anilines is 1. The van der Waals surface area contributed by atoms with E-state index in [1.807, 2.05) is 6.07 Å². The van der Waals surface area contributed by atoms with E-state index in [-0.39, 0.29) is 16.3 Å². The molecular formula is C10H7ClN2O. The first-order chi connectivity index (χ1) is 6.65. The van der Waals surface area contributed by atoms with Gasteiger partial charge in [-0.25, -0.2) is 0 Å². The van der Waals surface area contributed by atoms with Gasteiger partial charge >= 0.3 is 0 Å². The van der Waals surface area contributed by atoms with Gasteiger partial charge in [0.05, 0.1) is 28.9 Å². The minimum atomic E-state index is 0.188. The zero-order valence-electron chi connectivity index (χ0n) is 7.47. The van der Waals surface area contributed by atoms with Gasteiger partial charge in [-0.1, -0.05) is 17.5 Å². The number of nitriles is 1. The summed E-state index contributed by atoms with van der Waals surface area (Å²) in [4.78, 5) is 0. The SMILES string of the molecule is C#Cc1c(N)c(OC)cc(C#N)c1Cl. The van der Waals surface area contributed by atoms with Crippen LogP contribution in [-0.4, -0.2) is 7.11 Å². The number of nitrogen functional groups attached to an aromatic ring is 1. The quantitative estimate of drug-likeness (QED) is 0.563. The lowest BCUT2D eigenvalue weighted by molar-refractivity contribution is 0.417. The van der Waals surface area contributed by atoms with Crippen LogP contribution in [0.2, 0.25) is 5.02 Å². The lowest BCUT2D eigenvalue weighted by Crippen LogP contribution is -1.98. The molecule has 1 aromatic rings. The van der Waals surface area contributed by atoms with E-state index in [1.54, 1.807) is 0 Å². The van der Waals surface area contributed by atoms with Crippen LogP contribution in [0, 0.1) is 23.7 Å². The van der Waals surface area contributed by atoms with Gasteiger partial charge in [-0.2, -0.15) is 5.26 Å². The summed E-state index contributed by atoms with van der Waals surface area (Å²) in [5.41, 5.74) is 6.49. The van der Waals surface area contributed by atoms with E-state index in [4.69, 9.17) is 33.8 Å². The van der Waals surface area contributed by atoms with Crippen LogP contribution in [0.25, 0.3) is 0 Å². The molecule has 1 rings (SSSR count). The van der Waals surface area contributed by atoms with Gasteiger partial charge in [0.25, 0.3) is 0 Å². The predicted octanol–water partition coefficient (Wildman–Crippen LogP) is 1.78. The van der Waals surface area contributed by atoms with Crippen molar-refractivity contribution < 1.29 is 4.74 Å². The van der Waals surface area contributed by atoms with Gasteiger partial charge in [0, 0.05) is 6.07 Å². The van der Waals surface area contributed by atoms with Gasteiger partial charge in [0.15, 0.2) is 0 Å². The highest BCUT2D eigenvalue weighted by Gasteiger charge is 2.13. The smallest absolute Gasteiger partial charge is 0.144 e. The minimum absolute atomic E-state index is 0.188. The molecule has 2 N–H and O–H groups in total. The maximum atomic E-state index is 8.75. The van der Waals surface area contributed by atoms with Crippen LogP contribution >= 0.6 is 11.6 Å². The second kappa shape index (κ2) is 3.91. The highest BCUT2D eigenvalue weighted by molar-refractivity contribution is 6.33. The largest absolute Gasteiger partial charge is 0.495 e. The Kier molecular flexibility index (Phi) is 2.86. The normalized spacial score (nSPS) is 8.86. The van der Waals surface area contributed by atoms with Crippen molar-refractivity contribution in [1.82, 2.24) is 0 Å². The van der Waals surface area contributed by atoms with Crippen molar-refractivity contribution in [3.63, 3.8) is 0 Å². The van der Waals surface area contributed by atoms with Gasteiger partial charge in [-0.15, -0.1) is 6.42 Å². The molecule has 0 aliphatic heterocycles. The van der Waals surface area contributed by atoms with E-state index < -0.39 is 0 Å². The molecule has 4 heteroatoms. The first-order valence-corrected chi connectivity index (χ1v) is 4.06. The standard InChI is InChI=1S/C10H7ClN2O/c1-3-7-9(11)6(5-12)4-8(14-2)10(7)13/h1,4H,13H2,2H3. The van der Waals surface area contributed by atoms with Gasteiger partial charge < -0.3 is 10.5 Å². The summed E-state index contributed by atoms with van der Waals surface area (Å²) in [7, 11) is 1.45. The van der Waals surface area contributed by atoms with Crippen molar-refractivity contribution in [2.45, 2.75) is 0 Å². The fourth-order valence-corrected chi connectivity index (χ4v) is 1.29. The number of rotatable bonds is 1. The van der Waals surface area contributed by atoms with Crippen molar-refractivity contribution in [2.75, 3.05) is 12.8 Å². The number of ether oxygens (including phenoxy) is 1. The molecule has 0 fully saturated rings. The summed E-state index contributed by atoms with van der Waals surface area (Å²) in [6.07, 6.45) is 5.22. The van der Waals surface area contributed by atoms with Gasteiger partial charge in [-0.05, 0) is 0 Å². The molecule has 1 aromatic carbocycles. The van der Waals surface area contributed by atoms with Crippen molar-refractivity contribution in [2.24, 2.45) is 0 Å². The highest BCUT2D eigenvalue weighted by Crippen LogP contribution is 2.33. The third kappa shape index (κ3) is 1.46. The van der Waals surface area contributed by atoms with Crippen molar-refractivity contribution in [3.8, 4) is 24.2 Å². The number of benzene rings is 1. The van der Waals surface area contributed by atoms with E-state index in [2.05, 4.69) is 5.92 Å². The Hall–Kier alpha value is -1.84. The lowest BCUT2D eigenvalue weighted by atomic mass is 10.1. The average Bonchev–Trinajstić information content (AvgIpc) is 2.19. The van der Waals surface area contributed by atoms with E-state index >= 15 is 0 Å². The fraction of sp³-hybridized carbons (Fsp3) is 0.100. The number of halogens is 1. The summed E-state index contributed by atoms with van der Waals surface area (Å²) in [5, 5.41) is 8.94. The second-order valence-electron chi connectivity index (χ2n) is 2.49. The maximum Gasteiger partial charge on any atom is 0.144 e. The number of terminal acetylenes is 1. The summed E-state index contributed by atoms with van der Waals surface area (Å²) in [6.45, 7) is 0. The van der Waals surface area contributed by atoms with Crippen LogP contribution < -0.4 is 10.5 Å².